The molecule has 0 aliphatic rings. The first-order valence-corrected chi connectivity index (χ1v) is 13.0. The fraction of sp³-hybridized carbons (Fsp3) is 0.154. The van der Waals surface area contributed by atoms with Crippen molar-refractivity contribution in [2.45, 2.75) is 24.3 Å². The van der Waals surface area contributed by atoms with Crippen LogP contribution in [-0.2, 0) is 11.8 Å². The predicted molar refractivity (Wildman–Crippen MR) is 145 cm³/mol. The standard InChI is InChI=1S/C26H23N5O3S2/c1-16-21(25(34)31(29(16)3)19-12-8-5-9-13-19)27-22(32)17(2)36-26-28-23-20(14-15-35-23)24(33)30(26)18-10-6-4-7-11-18/h4-15,17H,1-3H3,(H,27,32). The molecule has 36 heavy (non-hydrogen) atoms. The van der Waals surface area contributed by atoms with Crippen molar-refractivity contribution in [1.29, 1.82) is 0 Å². The third kappa shape index (κ3) is 4.18. The van der Waals surface area contributed by atoms with Crippen molar-refractivity contribution in [2.24, 2.45) is 7.05 Å². The molecule has 10 heteroatoms. The first kappa shape index (κ1) is 23.8. The molecule has 0 spiro atoms. The maximum Gasteiger partial charge on any atom is 0.295 e. The maximum absolute atomic E-state index is 13.3. The molecule has 8 nitrogen and oxygen atoms in total. The Morgan fingerprint density at radius 1 is 0.972 bits per heavy atom. The lowest BCUT2D eigenvalue weighted by atomic mass is 10.3. The van der Waals surface area contributed by atoms with Crippen LogP contribution < -0.4 is 16.4 Å². The molecule has 0 fully saturated rings. The summed E-state index contributed by atoms with van der Waals surface area (Å²) in [5.74, 6) is -0.355. The van der Waals surface area contributed by atoms with Gasteiger partial charge in [0, 0.05) is 7.05 Å². The van der Waals surface area contributed by atoms with E-state index in [1.807, 2.05) is 66.0 Å². The van der Waals surface area contributed by atoms with Crippen LogP contribution in [0, 0.1) is 6.92 Å². The summed E-state index contributed by atoms with van der Waals surface area (Å²) in [6.45, 7) is 3.52. The Balaban J connectivity index is 1.47. The summed E-state index contributed by atoms with van der Waals surface area (Å²) in [6.07, 6.45) is 0. The van der Waals surface area contributed by atoms with Gasteiger partial charge in [0.25, 0.3) is 11.1 Å². The molecule has 5 aromatic rings. The van der Waals surface area contributed by atoms with Crippen LogP contribution >= 0.6 is 23.1 Å². The fourth-order valence-electron chi connectivity index (χ4n) is 3.93. The minimum atomic E-state index is -0.631. The van der Waals surface area contributed by atoms with E-state index in [0.717, 1.165) is 0 Å². The Hall–Kier alpha value is -3.89. The number of hydrogen-bond donors (Lipinski definition) is 1. The lowest BCUT2D eigenvalue weighted by molar-refractivity contribution is -0.115. The summed E-state index contributed by atoms with van der Waals surface area (Å²) < 4.78 is 4.76. The molecule has 0 radical (unpaired) electrons. The van der Waals surface area contributed by atoms with Gasteiger partial charge in [0.05, 0.1) is 27.7 Å². The summed E-state index contributed by atoms with van der Waals surface area (Å²) in [6, 6.07) is 20.2. The molecule has 5 rings (SSSR count). The maximum atomic E-state index is 13.3. The van der Waals surface area contributed by atoms with Gasteiger partial charge >= 0.3 is 0 Å². The number of hydrogen-bond acceptors (Lipinski definition) is 6. The number of benzene rings is 2. The fourth-order valence-corrected chi connectivity index (χ4v) is 5.66. The number of nitrogens with one attached hydrogen (secondary N) is 1. The van der Waals surface area contributed by atoms with Gasteiger partial charge < -0.3 is 5.32 Å². The zero-order valence-corrected chi connectivity index (χ0v) is 21.5. The van der Waals surface area contributed by atoms with Crippen LogP contribution in [0.25, 0.3) is 21.6 Å². The lowest BCUT2D eigenvalue weighted by Gasteiger charge is -2.15. The van der Waals surface area contributed by atoms with Crippen LogP contribution in [0.2, 0.25) is 0 Å². The number of rotatable bonds is 6. The molecule has 0 aliphatic heterocycles. The first-order chi connectivity index (χ1) is 17.4. The van der Waals surface area contributed by atoms with Crippen molar-refractivity contribution in [1.82, 2.24) is 18.9 Å². The molecule has 1 unspecified atom stereocenters. The summed E-state index contributed by atoms with van der Waals surface area (Å²) in [4.78, 5) is 45.0. The van der Waals surface area contributed by atoms with Gasteiger partial charge in [-0.25, -0.2) is 9.67 Å². The highest BCUT2D eigenvalue weighted by Crippen LogP contribution is 2.27. The lowest BCUT2D eigenvalue weighted by Crippen LogP contribution is -2.28. The van der Waals surface area contributed by atoms with E-state index < -0.39 is 5.25 Å². The number of thioether (sulfide) groups is 1. The van der Waals surface area contributed by atoms with Gasteiger partial charge in [0.15, 0.2) is 5.16 Å². The van der Waals surface area contributed by atoms with E-state index in [9.17, 15) is 14.4 Å². The van der Waals surface area contributed by atoms with Gasteiger partial charge in [-0.05, 0) is 49.6 Å². The molecule has 3 aromatic heterocycles. The van der Waals surface area contributed by atoms with Gasteiger partial charge in [0.1, 0.15) is 10.5 Å². The van der Waals surface area contributed by atoms with Gasteiger partial charge in [-0.1, -0.05) is 48.2 Å². The molecule has 0 aliphatic carbocycles. The topological polar surface area (TPSA) is 90.9 Å². The number of nitrogens with zero attached hydrogens (tertiary/aromatic N) is 4. The zero-order chi connectivity index (χ0) is 25.4. The van der Waals surface area contributed by atoms with Crippen LogP contribution in [0.1, 0.15) is 12.6 Å². The first-order valence-electron chi connectivity index (χ1n) is 11.2. The van der Waals surface area contributed by atoms with E-state index in [1.165, 1.54) is 32.3 Å². The number of para-hydroxylation sites is 2. The molecule has 1 atom stereocenters. The number of aromatic nitrogens is 4. The van der Waals surface area contributed by atoms with Crippen molar-refractivity contribution < 1.29 is 4.79 Å². The third-order valence-electron chi connectivity index (χ3n) is 5.93. The summed E-state index contributed by atoms with van der Waals surface area (Å²) in [5, 5.41) is 4.95. The summed E-state index contributed by atoms with van der Waals surface area (Å²) >= 11 is 2.55. The predicted octanol–water partition coefficient (Wildman–Crippen LogP) is 4.36. The molecule has 2 aromatic carbocycles. The number of anilines is 1. The Bertz CT molecular complexity index is 1680. The second kappa shape index (κ2) is 9.63. The Morgan fingerprint density at radius 2 is 1.61 bits per heavy atom. The van der Waals surface area contributed by atoms with Crippen LogP contribution in [-0.4, -0.2) is 30.1 Å². The molecule has 1 N–H and O–H groups in total. The highest BCUT2D eigenvalue weighted by Gasteiger charge is 2.24. The van der Waals surface area contributed by atoms with E-state index in [4.69, 9.17) is 0 Å². The van der Waals surface area contributed by atoms with Crippen LogP contribution in [0.15, 0.2) is 86.9 Å². The third-order valence-corrected chi connectivity index (χ3v) is 7.79. The second-order valence-corrected chi connectivity index (χ2v) is 10.4. The average molecular weight is 518 g/mol. The molecular formula is C26H23N5O3S2. The number of fused-ring (bicyclic) bond motifs is 1. The molecule has 0 bridgehead atoms. The molecular weight excluding hydrogens is 494 g/mol. The van der Waals surface area contributed by atoms with Crippen molar-refractivity contribution in [2.75, 3.05) is 5.32 Å². The quantitative estimate of drug-likeness (QED) is 0.267. The number of carbonyl (C=O) groups is 1. The summed E-state index contributed by atoms with van der Waals surface area (Å²) in [5.41, 5.74) is 1.73. The van der Waals surface area contributed by atoms with Gasteiger partial charge in [-0.3, -0.25) is 23.6 Å². The van der Waals surface area contributed by atoms with E-state index in [-0.39, 0.29) is 22.7 Å². The van der Waals surface area contributed by atoms with Gasteiger partial charge in [-0.2, -0.15) is 0 Å². The van der Waals surface area contributed by atoms with Crippen molar-refractivity contribution in [3.63, 3.8) is 0 Å². The van der Waals surface area contributed by atoms with Gasteiger partial charge in [0.2, 0.25) is 5.91 Å². The van der Waals surface area contributed by atoms with Crippen molar-refractivity contribution in [3.8, 4) is 11.4 Å². The Labute approximate surface area is 214 Å². The summed E-state index contributed by atoms with van der Waals surface area (Å²) in [7, 11) is 1.77. The highest BCUT2D eigenvalue weighted by molar-refractivity contribution is 8.00. The normalized spacial score (nSPS) is 12.1. The second-order valence-electron chi connectivity index (χ2n) is 8.20. The molecule has 1 amide bonds. The van der Waals surface area contributed by atoms with Crippen LogP contribution in [0.3, 0.4) is 0 Å². The SMILES string of the molecule is Cc1c(NC(=O)C(C)Sc2nc3sccc3c(=O)n2-c2ccccc2)c(=O)n(-c2ccccc2)n1C. The number of amides is 1. The largest absolute Gasteiger partial charge is 0.319 e. The average Bonchev–Trinajstić information content (AvgIpc) is 3.44. The number of thiophene rings is 1. The molecule has 0 saturated heterocycles. The molecule has 182 valence electrons. The molecule has 3 heterocycles. The van der Waals surface area contributed by atoms with Crippen molar-refractivity contribution in [3.05, 3.63) is 98.5 Å². The van der Waals surface area contributed by atoms with E-state index in [2.05, 4.69) is 10.3 Å². The highest BCUT2D eigenvalue weighted by atomic mass is 32.2. The van der Waals surface area contributed by atoms with E-state index in [1.54, 1.807) is 31.6 Å². The Morgan fingerprint density at radius 3 is 2.28 bits per heavy atom. The molecule has 0 saturated carbocycles. The van der Waals surface area contributed by atoms with Crippen LogP contribution in [0.5, 0.6) is 0 Å². The monoisotopic (exact) mass is 517 g/mol. The zero-order valence-electron chi connectivity index (χ0n) is 19.8. The minimum absolute atomic E-state index is 0.188. The van der Waals surface area contributed by atoms with E-state index in [0.29, 0.717) is 32.4 Å². The minimum Gasteiger partial charge on any atom is -0.319 e. The van der Waals surface area contributed by atoms with Crippen LogP contribution in [0.4, 0.5) is 5.69 Å². The smallest absolute Gasteiger partial charge is 0.295 e. The Kier molecular flexibility index (Phi) is 6.38. The number of carbonyl (C=O) groups excluding carboxylic acids is 1. The van der Waals surface area contributed by atoms with Crippen molar-refractivity contribution >= 4 is 44.9 Å². The van der Waals surface area contributed by atoms with E-state index >= 15 is 0 Å². The van der Waals surface area contributed by atoms with Gasteiger partial charge in [-0.15, -0.1) is 11.3 Å².